The van der Waals surface area contributed by atoms with Crippen LogP contribution in [0.15, 0.2) is 34.8 Å². The van der Waals surface area contributed by atoms with E-state index in [1.54, 1.807) is 17.4 Å². The standard InChI is InChI=1S/C10H7N3OS/c11-13-12-6-9(14)7-1-2-10-8(5-7)3-4-15-10/h1-5H,6H2. The van der Waals surface area contributed by atoms with Crippen LogP contribution in [0, 0.1) is 0 Å². The van der Waals surface area contributed by atoms with E-state index in [2.05, 4.69) is 10.0 Å². The van der Waals surface area contributed by atoms with Crippen LogP contribution in [0.1, 0.15) is 10.4 Å². The Labute approximate surface area is 89.8 Å². The van der Waals surface area contributed by atoms with E-state index in [-0.39, 0.29) is 12.3 Å². The number of fused-ring (bicyclic) bond motifs is 1. The number of carbonyl (C=O) groups is 1. The summed E-state index contributed by atoms with van der Waals surface area (Å²) in [6, 6.07) is 7.45. The molecule has 0 aliphatic heterocycles. The largest absolute Gasteiger partial charge is 0.294 e. The van der Waals surface area contributed by atoms with Crippen molar-refractivity contribution in [2.45, 2.75) is 0 Å². The fraction of sp³-hybridized carbons (Fsp3) is 0.100. The molecule has 5 heteroatoms. The zero-order chi connectivity index (χ0) is 10.7. The first-order chi connectivity index (χ1) is 7.31. The zero-order valence-corrected chi connectivity index (χ0v) is 8.57. The average molecular weight is 217 g/mol. The molecule has 0 amide bonds. The van der Waals surface area contributed by atoms with Crippen molar-refractivity contribution in [3.05, 3.63) is 45.7 Å². The van der Waals surface area contributed by atoms with Gasteiger partial charge in [-0.15, -0.1) is 11.3 Å². The lowest BCUT2D eigenvalue weighted by Crippen LogP contribution is -2.01. The van der Waals surface area contributed by atoms with Gasteiger partial charge in [-0.05, 0) is 40.6 Å². The molecule has 0 bridgehead atoms. The second-order valence-corrected chi connectivity index (χ2v) is 3.93. The molecule has 0 fully saturated rings. The molecule has 2 rings (SSSR count). The summed E-state index contributed by atoms with van der Waals surface area (Å²) in [6.45, 7) is -0.119. The summed E-state index contributed by atoms with van der Waals surface area (Å²) in [4.78, 5) is 14.1. The predicted molar refractivity (Wildman–Crippen MR) is 60.2 cm³/mol. The Kier molecular flexibility index (Phi) is 2.67. The molecule has 0 unspecified atom stereocenters. The van der Waals surface area contributed by atoms with Gasteiger partial charge < -0.3 is 0 Å². The SMILES string of the molecule is [N-]=[N+]=NCC(=O)c1ccc2sccc2c1. The quantitative estimate of drug-likeness (QED) is 0.336. The van der Waals surface area contributed by atoms with Crippen LogP contribution < -0.4 is 0 Å². The normalized spacial score (nSPS) is 9.87. The molecule has 1 aromatic heterocycles. The van der Waals surface area contributed by atoms with E-state index in [1.807, 2.05) is 23.6 Å². The second-order valence-electron chi connectivity index (χ2n) is 2.99. The highest BCUT2D eigenvalue weighted by molar-refractivity contribution is 7.17. The molecule has 0 aliphatic rings. The third-order valence-corrected chi connectivity index (χ3v) is 2.95. The van der Waals surface area contributed by atoms with Gasteiger partial charge in [-0.1, -0.05) is 5.11 Å². The molecular formula is C10H7N3OS. The minimum absolute atomic E-state index is 0.119. The highest BCUT2D eigenvalue weighted by Crippen LogP contribution is 2.21. The highest BCUT2D eigenvalue weighted by Gasteiger charge is 2.05. The van der Waals surface area contributed by atoms with Gasteiger partial charge in [-0.3, -0.25) is 4.79 Å². The Bertz CT molecular complexity index is 555. The number of ketones is 1. The van der Waals surface area contributed by atoms with Crippen LogP contribution in [-0.2, 0) is 0 Å². The molecule has 0 aliphatic carbocycles. The number of hydrogen-bond acceptors (Lipinski definition) is 3. The van der Waals surface area contributed by atoms with E-state index in [0.29, 0.717) is 5.56 Å². The molecular weight excluding hydrogens is 210 g/mol. The lowest BCUT2D eigenvalue weighted by molar-refractivity contribution is 0.100. The van der Waals surface area contributed by atoms with E-state index >= 15 is 0 Å². The third kappa shape index (κ3) is 1.98. The molecule has 0 atom stereocenters. The van der Waals surface area contributed by atoms with Gasteiger partial charge in [-0.2, -0.15) is 0 Å². The maximum atomic E-state index is 11.5. The summed E-state index contributed by atoms with van der Waals surface area (Å²) in [5, 5.41) is 6.28. The van der Waals surface area contributed by atoms with Gasteiger partial charge in [0.25, 0.3) is 0 Å². The fourth-order valence-corrected chi connectivity index (χ4v) is 2.10. The van der Waals surface area contributed by atoms with Crippen molar-refractivity contribution in [1.82, 2.24) is 0 Å². The predicted octanol–water partition coefficient (Wildman–Crippen LogP) is 3.39. The maximum absolute atomic E-state index is 11.5. The van der Waals surface area contributed by atoms with Crippen molar-refractivity contribution < 1.29 is 4.79 Å². The van der Waals surface area contributed by atoms with E-state index in [0.717, 1.165) is 10.1 Å². The molecule has 1 heterocycles. The second kappa shape index (κ2) is 4.13. The number of rotatable bonds is 3. The Balaban J connectivity index is 2.35. The minimum atomic E-state index is -0.152. The van der Waals surface area contributed by atoms with Crippen LogP contribution >= 0.6 is 11.3 Å². The van der Waals surface area contributed by atoms with Crippen LogP contribution in [0.3, 0.4) is 0 Å². The monoisotopic (exact) mass is 217 g/mol. The van der Waals surface area contributed by atoms with Gasteiger partial charge in [0.2, 0.25) is 0 Å². The Morgan fingerprint density at radius 2 is 2.33 bits per heavy atom. The Hall–Kier alpha value is -1.84. The number of Topliss-reactive ketones (excluding diaryl/α,β-unsaturated/α-hetero) is 1. The van der Waals surface area contributed by atoms with Crippen molar-refractivity contribution >= 4 is 27.2 Å². The summed E-state index contributed by atoms with van der Waals surface area (Å²) in [7, 11) is 0. The molecule has 0 spiro atoms. The molecule has 15 heavy (non-hydrogen) atoms. The van der Waals surface area contributed by atoms with E-state index in [9.17, 15) is 4.79 Å². The maximum Gasteiger partial charge on any atom is 0.168 e. The summed E-state index contributed by atoms with van der Waals surface area (Å²) >= 11 is 1.63. The van der Waals surface area contributed by atoms with Gasteiger partial charge in [0.05, 0.1) is 6.54 Å². The third-order valence-electron chi connectivity index (χ3n) is 2.05. The molecule has 2 aromatic rings. The molecule has 0 saturated heterocycles. The smallest absolute Gasteiger partial charge is 0.168 e. The van der Waals surface area contributed by atoms with Gasteiger partial charge in [0.1, 0.15) is 0 Å². The number of azide groups is 1. The fourth-order valence-electron chi connectivity index (χ4n) is 1.33. The van der Waals surface area contributed by atoms with E-state index < -0.39 is 0 Å². The lowest BCUT2D eigenvalue weighted by atomic mass is 10.1. The Morgan fingerprint density at radius 1 is 1.47 bits per heavy atom. The van der Waals surface area contributed by atoms with Crippen LogP contribution in [-0.4, -0.2) is 12.3 Å². The number of thiophene rings is 1. The molecule has 4 nitrogen and oxygen atoms in total. The van der Waals surface area contributed by atoms with Crippen molar-refractivity contribution in [2.75, 3.05) is 6.54 Å². The van der Waals surface area contributed by atoms with Gasteiger partial charge in [-0.25, -0.2) is 0 Å². The summed E-state index contributed by atoms with van der Waals surface area (Å²) in [6.07, 6.45) is 0. The minimum Gasteiger partial charge on any atom is -0.294 e. The number of benzene rings is 1. The van der Waals surface area contributed by atoms with E-state index in [1.165, 1.54) is 0 Å². The Morgan fingerprint density at radius 3 is 3.13 bits per heavy atom. The molecule has 0 radical (unpaired) electrons. The van der Waals surface area contributed by atoms with Gasteiger partial charge in [0, 0.05) is 15.2 Å². The zero-order valence-electron chi connectivity index (χ0n) is 7.75. The first kappa shape index (κ1) is 9.71. The van der Waals surface area contributed by atoms with Crippen LogP contribution in [0.5, 0.6) is 0 Å². The number of carbonyl (C=O) groups excluding carboxylic acids is 1. The average Bonchev–Trinajstić information content (AvgIpc) is 2.72. The van der Waals surface area contributed by atoms with Crippen molar-refractivity contribution in [3.8, 4) is 0 Å². The lowest BCUT2D eigenvalue weighted by Gasteiger charge is -1.97. The van der Waals surface area contributed by atoms with Crippen LogP contribution in [0.4, 0.5) is 0 Å². The van der Waals surface area contributed by atoms with Crippen LogP contribution in [0.2, 0.25) is 0 Å². The molecule has 0 N–H and O–H groups in total. The summed E-state index contributed by atoms with van der Waals surface area (Å²) in [5.74, 6) is -0.152. The number of hydrogen-bond donors (Lipinski definition) is 0. The highest BCUT2D eigenvalue weighted by atomic mass is 32.1. The van der Waals surface area contributed by atoms with Crippen LogP contribution in [0.25, 0.3) is 20.5 Å². The number of nitrogens with zero attached hydrogens (tertiary/aromatic N) is 3. The molecule has 0 saturated carbocycles. The topological polar surface area (TPSA) is 65.8 Å². The first-order valence-corrected chi connectivity index (χ1v) is 5.20. The van der Waals surface area contributed by atoms with Crippen molar-refractivity contribution in [3.63, 3.8) is 0 Å². The van der Waals surface area contributed by atoms with Crippen molar-refractivity contribution in [2.24, 2.45) is 5.11 Å². The van der Waals surface area contributed by atoms with Gasteiger partial charge in [0.15, 0.2) is 5.78 Å². The van der Waals surface area contributed by atoms with Crippen molar-refractivity contribution in [1.29, 1.82) is 0 Å². The molecule has 74 valence electrons. The van der Waals surface area contributed by atoms with Gasteiger partial charge >= 0.3 is 0 Å². The van der Waals surface area contributed by atoms with E-state index in [4.69, 9.17) is 5.53 Å². The molecule has 1 aromatic carbocycles. The summed E-state index contributed by atoms with van der Waals surface area (Å²) < 4.78 is 1.15. The first-order valence-electron chi connectivity index (χ1n) is 4.32. The summed E-state index contributed by atoms with van der Waals surface area (Å²) in [5.41, 5.74) is 8.70.